The van der Waals surface area contributed by atoms with E-state index in [0.717, 1.165) is 5.57 Å². The van der Waals surface area contributed by atoms with Crippen molar-refractivity contribution in [3.05, 3.63) is 36.3 Å². The molecule has 0 unspecified atom stereocenters. The number of hydrogen-bond acceptors (Lipinski definition) is 3. The molecule has 2 N–H and O–H groups in total. The Morgan fingerprint density at radius 3 is 3.13 bits per heavy atom. The van der Waals surface area contributed by atoms with Crippen LogP contribution >= 0.6 is 12.2 Å². The van der Waals surface area contributed by atoms with Gasteiger partial charge in [-0.2, -0.15) is 5.10 Å². The first-order chi connectivity index (χ1) is 7.18. The van der Waals surface area contributed by atoms with Crippen molar-refractivity contribution in [3.63, 3.8) is 0 Å². The Kier molecular flexibility index (Phi) is 4.56. The Morgan fingerprint density at radius 1 is 1.73 bits per heavy atom. The molecule has 1 aromatic rings. The summed E-state index contributed by atoms with van der Waals surface area (Å²) in [6.07, 6.45) is 3.13. The lowest BCUT2D eigenvalue weighted by molar-refractivity contribution is 0.560. The molecule has 0 aliphatic rings. The third-order valence-electron chi connectivity index (χ3n) is 1.45. The number of nitrogens with zero attached hydrogens (tertiary/aromatic N) is 1. The van der Waals surface area contributed by atoms with Gasteiger partial charge in [0, 0.05) is 6.54 Å². The molecule has 0 aromatic carbocycles. The number of furan rings is 1. The smallest absolute Gasteiger partial charge is 0.187 e. The maximum atomic E-state index is 5.05. The second-order valence-corrected chi connectivity index (χ2v) is 3.43. The molecule has 1 heterocycles. The summed E-state index contributed by atoms with van der Waals surface area (Å²) >= 11 is 4.96. The minimum Gasteiger partial charge on any atom is -0.463 e. The summed E-state index contributed by atoms with van der Waals surface area (Å²) in [7, 11) is 0. The number of nitrogens with one attached hydrogen (secondary N) is 2. The van der Waals surface area contributed by atoms with Crippen molar-refractivity contribution < 1.29 is 4.42 Å². The summed E-state index contributed by atoms with van der Waals surface area (Å²) in [5.41, 5.74) is 3.67. The van der Waals surface area contributed by atoms with Crippen LogP contribution in [0, 0.1) is 0 Å². The average Bonchev–Trinajstić information content (AvgIpc) is 2.67. The van der Waals surface area contributed by atoms with Crippen molar-refractivity contribution in [2.24, 2.45) is 5.10 Å². The van der Waals surface area contributed by atoms with Crippen molar-refractivity contribution in [1.29, 1.82) is 0 Å². The van der Waals surface area contributed by atoms with Gasteiger partial charge in [0.05, 0.1) is 12.5 Å². The van der Waals surface area contributed by atoms with E-state index in [1.807, 2.05) is 6.92 Å². The van der Waals surface area contributed by atoms with Crippen molar-refractivity contribution >= 4 is 23.5 Å². The van der Waals surface area contributed by atoms with Gasteiger partial charge in [0.15, 0.2) is 5.11 Å². The van der Waals surface area contributed by atoms with E-state index in [9.17, 15) is 0 Å². The molecule has 80 valence electrons. The van der Waals surface area contributed by atoms with E-state index in [2.05, 4.69) is 22.4 Å². The molecule has 0 amide bonds. The van der Waals surface area contributed by atoms with E-state index in [0.29, 0.717) is 17.4 Å². The van der Waals surface area contributed by atoms with Crippen LogP contribution in [-0.2, 0) is 0 Å². The van der Waals surface area contributed by atoms with Crippen LogP contribution in [0.3, 0.4) is 0 Å². The molecule has 0 aliphatic heterocycles. The lowest BCUT2D eigenvalue weighted by atomic mass is 10.4. The van der Waals surface area contributed by atoms with Gasteiger partial charge in [-0.3, -0.25) is 5.43 Å². The summed E-state index contributed by atoms with van der Waals surface area (Å²) in [5, 5.41) is 7.29. The fourth-order valence-corrected chi connectivity index (χ4v) is 0.915. The van der Waals surface area contributed by atoms with Crippen molar-refractivity contribution in [2.45, 2.75) is 6.92 Å². The topological polar surface area (TPSA) is 49.6 Å². The van der Waals surface area contributed by atoms with E-state index in [1.165, 1.54) is 0 Å². The zero-order chi connectivity index (χ0) is 11.1. The van der Waals surface area contributed by atoms with Crippen LogP contribution in [0.1, 0.15) is 12.7 Å². The first-order valence-electron chi connectivity index (χ1n) is 4.43. The van der Waals surface area contributed by atoms with Crippen LogP contribution in [0.4, 0.5) is 0 Å². The van der Waals surface area contributed by atoms with Gasteiger partial charge in [-0.15, -0.1) is 0 Å². The molecule has 0 saturated carbocycles. The third-order valence-corrected chi connectivity index (χ3v) is 1.69. The first-order valence-corrected chi connectivity index (χ1v) is 4.84. The molecule has 0 aliphatic carbocycles. The van der Waals surface area contributed by atoms with Crippen molar-refractivity contribution in [2.75, 3.05) is 6.54 Å². The van der Waals surface area contributed by atoms with Gasteiger partial charge in [0.2, 0.25) is 0 Å². The highest BCUT2D eigenvalue weighted by atomic mass is 32.1. The van der Waals surface area contributed by atoms with Crippen molar-refractivity contribution in [3.8, 4) is 0 Å². The molecule has 15 heavy (non-hydrogen) atoms. The quantitative estimate of drug-likeness (QED) is 0.353. The van der Waals surface area contributed by atoms with Gasteiger partial charge in [-0.05, 0) is 31.3 Å². The van der Waals surface area contributed by atoms with Gasteiger partial charge < -0.3 is 9.73 Å². The fraction of sp³-hybridized carbons (Fsp3) is 0.200. The minimum atomic E-state index is 0.459. The minimum absolute atomic E-state index is 0.459. The molecule has 0 atom stereocenters. The predicted molar refractivity (Wildman–Crippen MR) is 64.9 cm³/mol. The number of thiocarbonyl (C=S) groups is 1. The van der Waals surface area contributed by atoms with E-state index in [4.69, 9.17) is 16.6 Å². The number of rotatable bonds is 4. The maximum absolute atomic E-state index is 5.05. The number of hydrogen-bond donors (Lipinski definition) is 2. The van der Waals surface area contributed by atoms with Gasteiger partial charge in [-0.25, -0.2) is 0 Å². The van der Waals surface area contributed by atoms with Gasteiger partial charge in [-0.1, -0.05) is 12.2 Å². The zero-order valence-corrected chi connectivity index (χ0v) is 9.30. The van der Waals surface area contributed by atoms with Gasteiger partial charge >= 0.3 is 0 Å². The van der Waals surface area contributed by atoms with Gasteiger partial charge in [0.1, 0.15) is 5.76 Å². The van der Waals surface area contributed by atoms with Crippen LogP contribution in [0.5, 0.6) is 0 Å². The molecule has 0 spiro atoms. The summed E-state index contributed by atoms with van der Waals surface area (Å²) in [6.45, 7) is 6.30. The van der Waals surface area contributed by atoms with E-state index in [-0.39, 0.29) is 0 Å². The Bertz CT molecular complexity index is 357. The normalized spacial score (nSPS) is 10.2. The molecular formula is C10H13N3OS. The second-order valence-electron chi connectivity index (χ2n) is 3.03. The fourth-order valence-electron chi connectivity index (χ4n) is 0.790. The Hall–Kier alpha value is -1.62. The molecule has 1 rings (SSSR count). The summed E-state index contributed by atoms with van der Waals surface area (Å²) in [4.78, 5) is 0. The average molecular weight is 223 g/mol. The summed E-state index contributed by atoms with van der Waals surface area (Å²) in [6, 6.07) is 3.59. The highest BCUT2D eigenvalue weighted by Gasteiger charge is 1.92. The van der Waals surface area contributed by atoms with Crippen LogP contribution in [0.25, 0.3) is 0 Å². The van der Waals surface area contributed by atoms with Crippen LogP contribution in [0.2, 0.25) is 0 Å². The molecule has 5 heteroatoms. The highest BCUT2D eigenvalue weighted by molar-refractivity contribution is 7.80. The molecular weight excluding hydrogens is 210 g/mol. The van der Waals surface area contributed by atoms with Crippen molar-refractivity contribution in [1.82, 2.24) is 10.7 Å². The van der Waals surface area contributed by atoms with E-state index in [1.54, 1.807) is 24.6 Å². The van der Waals surface area contributed by atoms with Gasteiger partial charge in [0.25, 0.3) is 0 Å². The van der Waals surface area contributed by atoms with E-state index < -0.39 is 0 Å². The van der Waals surface area contributed by atoms with Crippen LogP contribution in [0.15, 0.2) is 40.1 Å². The highest BCUT2D eigenvalue weighted by Crippen LogP contribution is 1.94. The number of hydrazone groups is 1. The molecule has 0 fully saturated rings. The third kappa shape index (κ3) is 4.97. The summed E-state index contributed by atoms with van der Waals surface area (Å²) in [5.74, 6) is 0.671. The Balaban J connectivity index is 2.25. The molecule has 0 radical (unpaired) electrons. The van der Waals surface area contributed by atoms with E-state index >= 15 is 0 Å². The molecule has 0 bridgehead atoms. The largest absolute Gasteiger partial charge is 0.463 e. The summed E-state index contributed by atoms with van der Waals surface area (Å²) < 4.78 is 5.05. The molecule has 1 aromatic heterocycles. The van der Waals surface area contributed by atoms with Crippen LogP contribution < -0.4 is 10.7 Å². The molecule has 4 nitrogen and oxygen atoms in total. The lowest BCUT2D eigenvalue weighted by Gasteiger charge is -2.05. The SMILES string of the molecule is C=C(C)CNC(=S)N/N=C\c1ccco1. The van der Waals surface area contributed by atoms with Crippen LogP contribution in [-0.4, -0.2) is 17.9 Å². The zero-order valence-electron chi connectivity index (χ0n) is 8.49. The molecule has 0 saturated heterocycles. The Labute approximate surface area is 94.0 Å². The maximum Gasteiger partial charge on any atom is 0.187 e. The standard InChI is InChI=1S/C10H13N3OS/c1-8(2)6-11-10(15)13-12-7-9-4-3-5-14-9/h3-5,7H,1,6H2,2H3,(H2,11,13,15)/b12-7-. The first kappa shape index (κ1) is 11.5. The predicted octanol–water partition coefficient (Wildman–Crippen LogP) is 1.65. The monoisotopic (exact) mass is 223 g/mol. The Morgan fingerprint density at radius 2 is 2.53 bits per heavy atom. The second kappa shape index (κ2) is 5.98. The lowest BCUT2D eigenvalue weighted by Crippen LogP contribution is -2.32.